The van der Waals surface area contributed by atoms with Crippen LogP contribution in [0.2, 0.25) is 0 Å². The molecule has 5 heteroatoms. The van der Waals surface area contributed by atoms with Gasteiger partial charge >= 0.3 is 0 Å². The summed E-state index contributed by atoms with van der Waals surface area (Å²) in [4.78, 5) is 4.63. The number of rotatable bonds is 6. The molecule has 20 heavy (non-hydrogen) atoms. The molecule has 1 aromatic carbocycles. The molecule has 1 aromatic heterocycles. The lowest BCUT2D eigenvalue weighted by Crippen LogP contribution is -2.09. The molecule has 0 saturated heterocycles. The zero-order valence-corrected chi connectivity index (χ0v) is 12.9. The average molecular weight is 292 g/mol. The minimum absolute atomic E-state index is 0.0268. The van der Waals surface area contributed by atoms with Crippen LogP contribution in [0.3, 0.4) is 0 Å². The summed E-state index contributed by atoms with van der Waals surface area (Å²) in [5.41, 5.74) is 8.04. The Bertz CT molecular complexity index is 569. The van der Waals surface area contributed by atoms with E-state index in [-0.39, 0.29) is 6.04 Å². The van der Waals surface area contributed by atoms with Gasteiger partial charge in [0, 0.05) is 10.9 Å². The zero-order valence-electron chi connectivity index (χ0n) is 12.1. The fourth-order valence-corrected chi connectivity index (χ4v) is 2.89. The first-order valence-electron chi connectivity index (χ1n) is 6.63. The zero-order chi connectivity index (χ0) is 14.5. The van der Waals surface area contributed by atoms with Gasteiger partial charge in [0.05, 0.1) is 26.0 Å². The van der Waals surface area contributed by atoms with Gasteiger partial charge in [-0.2, -0.15) is 0 Å². The van der Waals surface area contributed by atoms with E-state index in [1.54, 1.807) is 25.6 Å². The van der Waals surface area contributed by atoms with Gasteiger partial charge in [-0.25, -0.2) is 4.98 Å². The topological polar surface area (TPSA) is 57.4 Å². The summed E-state index contributed by atoms with van der Waals surface area (Å²) in [5, 5.41) is 3.02. The molecular formula is C15H20N2O2S. The molecule has 2 N–H and O–H groups in total. The highest BCUT2D eigenvalue weighted by molar-refractivity contribution is 7.10. The number of thiazole rings is 1. The van der Waals surface area contributed by atoms with Crippen molar-refractivity contribution >= 4 is 11.3 Å². The molecule has 108 valence electrons. The summed E-state index contributed by atoms with van der Waals surface area (Å²) in [6.07, 6.45) is 2.02. The van der Waals surface area contributed by atoms with Crippen molar-refractivity contribution in [3.63, 3.8) is 0 Å². The molecule has 0 radical (unpaired) electrons. The van der Waals surface area contributed by atoms with Gasteiger partial charge in [-0.1, -0.05) is 13.3 Å². The van der Waals surface area contributed by atoms with Crippen LogP contribution >= 0.6 is 11.3 Å². The Labute approximate surface area is 123 Å². The minimum atomic E-state index is 0.0268. The third kappa shape index (κ3) is 3.11. The molecule has 2 rings (SSSR count). The number of nitrogens with two attached hydrogens (primary N) is 1. The van der Waals surface area contributed by atoms with E-state index in [1.807, 2.05) is 23.6 Å². The van der Waals surface area contributed by atoms with Crippen molar-refractivity contribution in [3.8, 4) is 22.8 Å². The number of methoxy groups -OCH3 is 2. The van der Waals surface area contributed by atoms with Crippen molar-refractivity contribution in [2.75, 3.05) is 14.2 Å². The van der Waals surface area contributed by atoms with Crippen LogP contribution in [0.25, 0.3) is 11.3 Å². The van der Waals surface area contributed by atoms with Gasteiger partial charge in [0.2, 0.25) is 0 Å². The highest BCUT2D eigenvalue weighted by atomic mass is 32.1. The van der Waals surface area contributed by atoms with Crippen LogP contribution in [0.1, 0.15) is 30.8 Å². The minimum Gasteiger partial charge on any atom is -0.493 e. The van der Waals surface area contributed by atoms with Crippen molar-refractivity contribution in [1.29, 1.82) is 0 Å². The molecule has 4 nitrogen and oxygen atoms in total. The summed E-state index contributed by atoms with van der Waals surface area (Å²) in [6, 6.07) is 5.83. The van der Waals surface area contributed by atoms with E-state index in [2.05, 4.69) is 11.9 Å². The Morgan fingerprint density at radius 3 is 2.65 bits per heavy atom. The van der Waals surface area contributed by atoms with Crippen LogP contribution in [0.4, 0.5) is 0 Å². The lowest BCUT2D eigenvalue weighted by Gasteiger charge is -2.08. The molecule has 0 aliphatic rings. The van der Waals surface area contributed by atoms with Crippen molar-refractivity contribution < 1.29 is 9.47 Å². The van der Waals surface area contributed by atoms with Gasteiger partial charge in [0.1, 0.15) is 5.01 Å². The molecule has 0 amide bonds. The second-order valence-corrected chi connectivity index (χ2v) is 5.43. The molecule has 0 saturated carbocycles. The monoisotopic (exact) mass is 292 g/mol. The third-order valence-electron chi connectivity index (χ3n) is 3.12. The summed E-state index contributed by atoms with van der Waals surface area (Å²) < 4.78 is 10.6. The van der Waals surface area contributed by atoms with E-state index in [0.717, 1.165) is 34.9 Å². The standard InChI is InChI=1S/C15H20N2O2S/c1-4-5-11(16)15-17-12(9-20-15)10-6-7-13(18-2)14(8-10)19-3/h6-9,11H,4-5,16H2,1-3H3. The summed E-state index contributed by atoms with van der Waals surface area (Å²) in [5.74, 6) is 1.42. The van der Waals surface area contributed by atoms with Crippen molar-refractivity contribution in [3.05, 3.63) is 28.6 Å². The Morgan fingerprint density at radius 2 is 2.00 bits per heavy atom. The van der Waals surface area contributed by atoms with Gasteiger partial charge in [0.15, 0.2) is 11.5 Å². The molecule has 2 aromatic rings. The van der Waals surface area contributed by atoms with E-state index >= 15 is 0 Å². The van der Waals surface area contributed by atoms with E-state index in [9.17, 15) is 0 Å². The molecule has 0 aliphatic carbocycles. The van der Waals surface area contributed by atoms with E-state index < -0.39 is 0 Å². The smallest absolute Gasteiger partial charge is 0.161 e. The highest BCUT2D eigenvalue weighted by Crippen LogP contribution is 2.33. The van der Waals surface area contributed by atoms with E-state index in [4.69, 9.17) is 15.2 Å². The first-order valence-corrected chi connectivity index (χ1v) is 7.51. The number of hydrogen-bond donors (Lipinski definition) is 1. The van der Waals surface area contributed by atoms with Crippen LogP contribution in [0.5, 0.6) is 11.5 Å². The molecule has 0 spiro atoms. The maximum absolute atomic E-state index is 6.10. The highest BCUT2D eigenvalue weighted by Gasteiger charge is 2.12. The Balaban J connectivity index is 2.28. The van der Waals surface area contributed by atoms with Gasteiger partial charge in [-0.15, -0.1) is 11.3 Å². The Kier molecular flexibility index (Phi) is 4.98. The largest absolute Gasteiger partial charge is 0.493 e. The summed E-state index contributed by atoms with van der Waals surface area (Å²) >= 11 is 1.61. The molecular weight excluding hydrogens is 272 g/mol. The first-order chi connectivity index (χ1) is 9.69. The lowest BCUT2D eigenvalue weighted by molar-refractivity contribution is 0.355. The van der Waals surface area contributed by atoms with Gasteiger partial charge in [-0.3, -0.25) is 0 Å². The van der Waals surface area contributed by atoms with Crippen molar-refractivity contribution in [2.24, 2.45) is 5.73 Å². The SMILES string of the molecule is CCCC(N)c1nc(-c2ccc(OC)c(OC)c2)cs1. The van der Waals surface area contributed by atoms with E-state index in [1.165, 1.54) is 0 Å². The fourth-order valence-electron chi connectivity index (χ4n) is 2.02. The Hall–Kier alpha value is -1.59. The van der Waals surface area contributed by atoms with Gasteiger partial charge < -0.3 is 15.2 Å². The maximum atomic E-state index is 6.10. The maximum Gasteiger partial charge on any atom is 0.161 e. The number of nitrogens with zero attached hydrogens (tertiary/aromatic N) is 1. The quantitative estimate of drug-likeness (QED) is 0.883. The third-order valence-corrected chi connectivity index (χ3v) is 4.09. The van der Waals surface area contributed by atoms with Crippen LogP contribution in [-0.2, 0) is 0 Å². The molecule has 0 fully saturated rings. The van der Waals surface area contributed by atoms with Gasteiger partial charge in [0.25, 0.3) is 0 Å². The predicted octanol–water partition coefficient (Wildman–Crippen LogP) is 3.63. The first kappa shape index (κ1) is 14.8. The average Bonchev–Trinajstić information content (AvgIpc) is 2.96. The van der Waals surface area contributed by atoms with Crippen LogP contribution in [0.15, 0.2) is 23.6 Å². The number of hydrogen-bond acceptors (Lipinski definition) is 5. The van der Waals surface area contributed by atoms with Crippen LogP contribution in [0, 0.1) is 0 Å². The van der Waals surface area contributed by atoms with E-state index in [0.29, 0.717) is 5.75 Å². The van der Waals surface area contributed by atoms with Gasteiger partial charge in [-0.05, 0) is 24.6 Å². The van der Waals surface area contributed by atoms with Crippen LogP contribution in [-0.4, -0.2) is 19.2 Å². The van der Waals surface area contributed by atoms with Crippen molar-refractivity contribution in [2.45, 2.75) is 25.8 Å². The predicted molar refractivity (Wildman–Crippen MR) is 82.5 cm³/mol. The normalized spacial score (nSPS) is 12.2. The second kappa shape index (κ2) is 6.72. The summed E-state index contributed by atoms with van der Waals surface area (Å²) in [7, 11) is 3.26. The molecule has 0 aliphatic heterocycles. The number of benzene rings is 1. The number of aromatic nitrogens is 1. The molecule has 1 atom stereocenters. The number of ether oxygens (including phenoxy) is 2. The fraction of sp³-hybridized carbons (Fsp3) is 0.400. The summed E-state index contributed by atoms with van der Waals surface area (Å²) in [6.45, 7) is 2.13. The lowest BCUT2D eigenvalue weighted by atomic mass is 10.1. The molecule has 1 heterocycles. The van der Waals surface area contributed by atoms with Crippen LogP contribution < -0.4 is 15.2 Å². The molecule has 0 bridgehead atoms. The second-order valence-electron chi connectivity index (χ2n) is 4.54. The van der Waals surface area contributed by atoms with Crippen molar-refractivity contribution in [1.82, 2.24) is 4.98 Å². The molecule has 1 unspecified atom stereocenters. The Morgan fingerprint density at radius 1 is 1.25 bits per heavy atom.